The van der Waals surface area contributed by atoms with Crippen LogP contribution in [0.25, 0.3) is 0 Å². The quantitative estimate of drug-likeness (QED) is 0.504. The van der Waals surface area contributed by atoms with Crippen molar-refractivity contribution in [1.82, 2.24) is 9.46 Å². The van der Waals surface area contributed by atoms with Crippen molar-refractivity contribution in [2.75, 3.05) is 0 Å². The first-order valence-corrected chi connectivity index (χ1v) is 5.13. The Kier molecular flexibility index (Phi) is 15.6. The van der Waals surface area contributed by atoms with E-state index in [0.717, 1.165) is 0 Å². The van der Waals surface area contributed by atoms with Crippen LogP contribution in [0.1, 0.15) is 0 Å². The third-order valence-corrected chi connectivity index (χ3v) is 2.21. The van der Waals surface area contributed by atoms with Gasteiger partial charge in [0, 0.05) is 0 Å². The molecule has 9 heteroatoms. The Hall–Kier alpha value is -0.453. The second-order valence-corrected chi connectivity index (χ2v) is 3.57. The molecule has 0 spiro atoms. The molecular weight excluding hydrogens is 391 g/mol. The zero-order valence-electron chi connectivity index (χ0n) is 9.97. The first-order chi connectivity index (χ1) is 7.61. The predicted molar refractivity (Wildman–Crippen MR) is 68.7 cm³/mol. The summed E-state index contributed by atoms with van der Waals surface area (Å²) in [5, 5.41) is 20.9. The van der Waals surface area contributed by atoms with Gasteiger partial charge in [0.2, 0.25) is 0 Å². The summed E-state index contributed by atoms with van der Waals surface area (Å²) in [6.45, 7) is 0. The molecule has 0 radical (unpaired) electrons. The van der Waals surface area contributed by atoms with E-state index in [9.17, 15) is 10.4 Å². The predicted octanol–water partition coefficient (Wildman–Crippen LogP) is 3.00. The Morgan fingerprint density at radius 2 is 1.05 bits per heavy atom. The van der Waals surface area contributed by atoms with Crippen molar-refractivity contribution in [1.29, 1.82) is 0 Å². The molecule has 2 aromatic heterocycles. The van der Waals surface area contributed by atoms with Crippen LogP contribution in [0.4, 0.5) is 0 Å². The van der Waals surface area contributed by atoms with Gasteiger partial charge in [-0.25, -0.2) is 0 Å². The van der Waals surface area contributed by atoms with Gasteiger partial charge in [-0.3, -0.25) is 0 Å². The van der Waals surface area contributed by atoms with Crippen LogP contribution in [0.5, 0.6) is 0 Å². The molecule has 92 valence electrons. The molecule has 0 saturated carbocycles. The number of nitrogens with zero attached hydrogens (tertiary/aromatic N) is 2. The van der Waals surface area contributed by atoms with Crippen molar-refractivity contribution in [3.63, 3.8) is 0 Å². The topological polar surface area (TPSA) is 84.5 Å². The number of hydrogen-bond donors (Lipinski definition) is 0. The van der Waals surface area contributed by atoms with E-state index in [0.29, 0.717) is 18.7 Å². The fourth-order valence-corrected chi connectivity index (χ4v) is 1.10. The van der Waals surface area contributed by atoms with Gasteiger partial charge < -0.3 is 25.4 Å². The van der Waals surface area contributed by atoms with Gasteiger partial charge in [-0.15, -0.1) is 0 Å². The Morgan fingerprint density at radius 3 is 1.21 bits per heavy atom. The van der Waals surface area contributed by atoms with Crippen molar-refractivity contribution in [2.24, 2.45) is 0 Å². The van der Waals surface area contributed by atoms with Crippen LogP contribution in [-0.2, 0) is 44.4 Å². The molecule has 2 heterocycles. The van der Waals surface area contributed by atoms with Gasteiger partial charge in [-0.2, -0.15) is 0 Å². The van der Waals surface area contributed by atoms with Gasteiger partial charge in [0.15, 0.2) is 0 Å². The summed E-state index contributed by atoms with van der Waals surface area (Å²) in [6.07, 6.45) is 2.75. The number of hydrogen-bond acceptors (Lipinski definition) is 4. The van der Waals surface area contributed by atoms with Crippen molar-refractivity contribution in [2.45, 2.75) is 0 Å². The van der Waals surface area contributed by atoms with Crippen LogP contribution in [0.15, 0.2) is 48.8 Å². The maximum absolute atomic E-state index is 10.4. The monoisotopic (exact) mass is 396 g/mol. The van der Waals surface area contributed by atoms with Crippen LogP contribution >= 0.6 is 24.4 Å². The molecule has 0 N–H and O–H groups in total. The zero-order chi connectivity index (χ0) is 12.0. The summed E-state index contributed by atoms with van der Waals surface area (Å²) in [6, 6.07) is 9.92. The maximum atomic E-state index is 10.4. The molecule has 2 rings (SSSR count). The van der Waals surface area contributed by atoms with Crippen molar-refractivity contribution >= 4 is 24.4 Å². The largest absolute Gasteiger partial charge is 2.00 e. The van der Waals surface area contributed by atoms with Gasteiger partial charge in [-0.1, -0.05) is 36.6 Å². The molecule has 5 nitrogen and oxygen atoms in total. The molecule has 0 aliphatic rings. The smallest absolute Gasteiger partial charge is 2.00 e. The maximum Gasteiger partial charge on any atom is 2.00 e. The van der Waals surface area contributed by atoms with Gasteiger partial charge in [0.05, 0.1) is 0 Å². The molecule has 2 aromatic rings. The van der Waals surface area contributed by atoms with Crippen LogP contribution < -0.4 is 0 Å². The molecule has 0 amide bonds. The number of pyridine rings is 2. The van der Waals surface area contributed by atoms with Gasteiger partial charge >= 0.3 is 39.0 Å². The van der Waals surface area contributed by atoms with Crippen molar-refractivity contribution in [3.8, 4) is 0 Å². The summed E-state index contributed by atoms with van der Waals surface area (Å²) in [5.41, 5.74) is 0. The van der Waals surface area contributed by atoms with E-state index in [1.165, 1.54) is 12.4 Å². The minimum absolute atomic E-state index is 0. The Bertz CT molecular complexity index is 523. The summed E-state index contributed by atoms with van der Waals surface area (Å²) in [7, 11) is 0. The third-order valence-electron chi connectivity index (χ3n) is 1.58. The number of rotatable bonds is 0. The summed E-state index contributed by atoms with van der Waals surface area (Å²) in [4.78, 5) is 0. The Labute approximate surface area is 146 Å². The zero-order valence-corrected chi connectivity index (χ0v) is 17.5. The van der Waals surface area contributed by atoms with E-state index >= 15 is 0 Å². The van der Waals surface area contributed by atoms with Crippen molar-refractivity contribution in [3.05, 3.63) is 68.5 Å². The molecule has 19 heavy (non-hydrogen) atoms. The van der Waals surface area contributed by atoms with E-state index in [-0.39, 0.29) is 44.4 Å². The fourth-order valence-electron chi connectivity index (χ4n) is 0.825. The molecule has 0 aromatic carbocycles. The summed E-state index contributed by atoms with van der Waals surface area (Å²) >= 11 is 9.21. The Balaban J connectivity index is -0.000000233. The SMILES string of the molecule is [O-2].[O-]n1ccccc1=S.[O-]n1ccccc1=S.[Zn+2].[Zn+2]. The molecule has 0 aliphatic heterocycles. The minimum Gasteiger partial charge on any atom is -2.00 e. The van der Waals surface area contributed by atoms with E-state index in [4.69, 9.17) is 0 Å². The van der Waals surface area contributed by atoms with Gasteiger partial charge in [0.25, 0.3) is 0 Å². The minimum atomic E-state index is 0. The van der Waals surface area contributed by atoms with Gasteiger partial charge in [-0.05, 0) is 36.7 Å². The van der Waals surface area contributed by atoms with Crippen LogP contribution in [0.2, 0.25) is 0 Å². The first-order valence-electron chi connectivity index (χ1n) is 4.31. The second-order valence-electron chi connectivity index (χ2n) is 2.73. The molecule has 0 saturated heterocycles. The molecule has 0 unspecified atom stereocenters. The second kappa shape index (κ2) is 12.6. The average Bonchev–Trinajstić information content (AvgIpc) is 2.28. The molecular formula is C10H8N2O3S2Zn2. The molecule has 0 atom stereocenters. The normalized spacial score (nSPS) is 7.58. The van der Waals surface area contributed by atoms with Crippen LogP contribution in [0.3, 0.4) is 0 Å². The number of aromatic nitrogens is 2. The van der Waals surface area contributed by atoms with Crippen molar-refractivity contribution < 1.29 is 44.4 Å². The molecule has 0 fully saturated rings. The van der Waals surface area contributed by atoms with E-state index in [1.54, 1.807) is 36.4 Å². The van der Waals surface area contributed by atoms with Gasteiger partial charge in [0.1, 0.15) is 9.28 Å². The van der Waals surface area contributed by atoms with E-state index < -0.39 is 0 Å². The molecule has 0 aliphatic carbocycles. The van der Waals surface area contributed by atoms with Crippen LogP contribution in [0, 0.1) is 19.7 Å². The average molecular weight is 399 g/mol. The summed E-state index contributed by atoms with van der Waals surface area (Å²) in [5.74, 6) is 0. The van der Waals surface area contributed by atoms with E-state index in [1.807, 2.05) is 0 Å². The van der Waals surface area contributed by atoms with Crippen LogP contribution in [-0.4, -0.2) is 9.46 Å². The van der Waals surface area contributed by atoms with E-state index in [2.05, 4.69) is 24.4 Å². The standard InChI is InChI=1S/2C5H4NOS.O.2Zn/c2*7-6-4-2-1-3-5(6)8;;;/h2*1-4H;;;/q2*-1;-2;2*+2. The molecule has 0 bridgehead atoms. The third kappa shape index (κ3) is 9.14. The first kappa shape index (κ1) is 23.6. The summed E-state index contributed by atoms with van der Waals surface area (Å²) < 4.78 is 1.92. The Morgan fingerprint density at radius 1 is 0.737 bits per heavy atom. The fraction of sp³-hybridized carbons (Fsp3) is 0.